The molecule has 0 aromatic heterocycles. The number of amides is 1. The summed E-state index contributed by atoms with van der Waals surface area (Å²) in [5.74, 6) is -0.278. The van der Waals surface area contributed by atoms with Crippen molar-refractivity contribution in [2.24, 2.45) is 5.11 Å². The summed E-state index contributed by atoms with van der Waals surface area (Å²) in [5.41, 5.74) is 6.51. The third kappa shape index (κ3) is 11.3. The molecule has 0 saturated carbocycles. The lowest BCUT2D eigenvalue weighted by atomic mass is 10.1. The number of hydrogen-bond acceptors (Lipinski definition) is 2. The van der Waals surface area contributed by atoms with Crippen LogP contribution in [0.5, 0.6) is 0 Å². The summed E-state index contributed by atoms with van der Waals surface area (Å²) < 4.78 is 0. The quantitative estimate of drug-likeness (QED) is 0.397. The first-order valence-electron chi connectivity index (χ1n) is 6.71. The smallest absolute Gasteiger partial charge is 0.264 e. The molecule has 0 aromatic rings. The maximum Gasteiger partial charge on any atom is 0.264 e. The van der Waals surface area contributed by atoms with Crippen LogP contribution >= 0.6 is 0 Å². The Morgan fingerprint density at radius 3 is 1.75 bits per heavy atom. The van der Waals surface area contributed by atoms with Crippen LogP contribution in [0.4, 0.5) is 0 Å². The topological polar surface area (TPSA) is 53.3 Å². The first kappa shape index (κ1) is 15.3. The maximum absolute atomic E-state index is 10.7. The van der Waals surface area contributed by atoms with E-state index in [1.165, 1.54) is 51.4 Å². The van der Waals surface area contributed by atoms with Gasteiger partial charge in [0.05, 0.1) is 0 Å². The highest BCUT2D eigenvalue weighted by molar-refractivity contribution is 5.75. The van der Waals surface area contributed by atoms with Crippen molar-refractivity contribution in [2.75, 3.05) is 0 Å². The van der Waals surface area contributed by atoms with E-state index in [9.17, 15) is 4.79 Å². The average molecular weight is 226 g/mol. The Morgan fingerprint density at radius 1 is 0.875 bits per heavy atom. The molecular formula is C13H26N2O. The van der Waals surface area contributed by atoms with Crippen LogP contribution in [0.2, 0.25) is 0 Å². The molecule has 0 atom stereocenters. The van der Waals surface area contributed by atoms with E-state index in [1.54, 1.807) is 0 Å². The van der Waals surface area contributed by atoms with Gasteiger partial charge in [-0.05, 0) is 6.42 Å². The molecule has 3 nitrogen and oxygen atoms in total. The molecular weight excluding hydrogens is 200 g/mol. The molecule has 0 aromatic carbocycles. The van der Waals surface area contributed by atoms with E-state index in [0.29, 0.717) is 6.42 Å². The number of carbonyl (C=O) groups is 1. The predicted molar refractivity (Wildman–Crippen MR) is 66.6 cm³/mol. The van der Waals surface area contributed by atoms with Crippen molar-refractivity contribution in [1.29, 1.82) is 5.53 Å². The summed E-state index contributed by atoms with van der Waals surface area (Å²) in [5, 5.41) is 2.88. The van der Waals surface area contributed by atoms with Gasteiger partial charge in [-0.25, -0.2) is 5.53 Å². The molecule has 0 fully saturated rings. The van der Waals surface area contributed by atoms with Gasteiger partial charge in [-0.3, -0.25) is 4.79 Å². The van der Waals surface area contributed by atoms with E-state index < -0.39 is 0 Å². The van der Waals surface area contributed by atoms with E-state index in [1.807, 2.05) is 0 Å². The zero-order valence-corrected chi connectivity index (χ0v) is 10.6. The second-order valence-electron chi connectivity index (χ2n) is 4.44. The third-order valence-electron chi connectivity index (χ3n) is 2.87. The van der Waals surface area contributed by atoms with Gasteiger partial charge >= 0.3 is 0 Å². The summed E-state index contributed by atoms with van der Waals surface area (Å²) in [6, 6.07) is 0. The Bertz CT molecular complexity index is 181. The van der Waals surface area contributed by atoms with Crippen molar-refractivity contribution >= 4 is 5.91 Å². The lowest BCUT2D eigenvalue weighted by molar-refractivity contribution is -0.118. The van der Waals surface area contributed by atoms with Gasteiger partial charge in [-0.2, -0.15) is 0 Å². The van der Waals surface area contributed by atoms with Crippen LogP contribution in [0.15, 0.2) is 5.11 Å². The van der Waals surface area contributed by atoms with Crippen molar-refractivity contribution < 1.29 is 4.79 Å². The van der Waals surface area contributed by atoms with Gasteiger partial charge in [-0.15, -0.1) is 5.11 Å². The third-order valence-corrected chi connectivity index (χ3v) is 2.87. The maximum atomic E-state index is 10.7. The molecule has 0 aliphatic carbocycles. The van der Waals surface area contributed by atoms with Crippen LogP contribution in [0.1, 0.15) is 77.6 Å². The Labute approximate surface area is 99.5 Å². The molecule has 0 aliphatic rings. The van der Waals surface area contributed by atoms with Gasteiger partial charge in [0.1, 0.15) is 0 Å². The molecule has 3 heteroatoms. The fourth-order valence-electron chi connectivity index (χ4n) is 1.82. The van der Waals surface area contributed by atoms with Gasteiger partial charge in [0.2, 0.25) is 0 Å². The van der Waals surface area contributed by atoms with Gasteiger partial charge in [-0.1, -0.05) is 64.7 Å². The molecule has 0 spiro atoms. The molecule has 0 bridgehead atoms. The van der Waals surface area contributed by atoms with Crippen LogP contribution in [0, 0.1) is 5.53 Å². The molecule has 0 rings (SSSR count). The van der Waals surface area contributed by atoms with Gasteiger partial charge < -0.3 is 0 Å². The molecule has 16 heavy (non-hydrogen) atoms. The Kier molecular flexibility index (Phi) is 11.8. The van der Waals surface area contributed by atoms with E-state index in [-0.39, 0.29) is 5.91 Å². The molecule has 0 saturated heterocycles. The van der Waals surface area contributed by atoms with Crippen LogP contribution in [-0.4, -0.2) is 5.91 Å². The van der Waals surface area contributed by atoms with Crippen LogP contribution < -0.4 is 0 Å². The largest absolute Gasteiger partial charge is 0.271 e. The van der Waals surface area contributed by atoms with Gasteiger partial charge in [0.25, 0.3) is 5.91 Å². The van der Waals surface area contributed by atoms with Crippen LogP contribution in [0.25, 0.3) is 0 Å². The Hall–Kier alpha value is -0.730. The van der Waals surface area contributed by atoms with Crippen LogP contribution in [0.3, 0.4) is 0 Å². The number of rotatable bonds is 11. The second kappa shape index (κ2) is 12.3. The first-order valence-corrected chi connectivity index (χ1v) is 6.71. The molecule has 0 heterocycles. The molecule has 1 N–H and O–H groups in total. The molecule has 1 amide bonds. The molecule has 0 radical (unpaired) electrons. The summed E-state index contributed by atoms with van der Waals surface area (Å²) in [7, 11) is 0. The van der Waals surface area contributed by atoms with Crippen molar-refractivity contribution in [2.45, 2.75) is 77.6 Å². The average Bonchev–Trinajstić information content (AvgIpc) is 2.31. The number of carbonyl (C=O) groups excluding carboxylic acids is 1. The monoisotopic (exact) mass is 226 g/mol. The van der Waals surface area contributed by atoms with Crippen LogP contribution in [-0.2, 0) is 4.79 Å². The Balaban J connectivity index is 2.98. The summed E-state index contributed by atoms with van der Waals surface area (Å²) in [6.07, 6.45) is 13.1. The zero-order chi connectivity index (χ0) is 12.1. The van der Waals surface area contributed by atoms with Crippen molar-refractivity contribution in [3.63, 3.8) is 0 Å². The predicted octanol–water partition coefficient (Wildman–Crippen LogP) is 4.85. The van der Waals surface area contributed by atoms with Crippen molar-refractivity contribution in [1.82, 2.24) is 0 Å². The highest BCUT2D eigenvalue weighted by Gasteiger charge is 1.97. The normalized spacial score (nSPS) is 10.3. The highest BCUT2D eigenvalue weighted by Crippen LogP contribution is 2.11. The molecule has 94 valence electrons. The summed E-state index contributed by atoms with van der Waals surface area (Å²) >= 11 is 0. The number of hydrogen-bond donors (Lipinski definition) is 1. The first-order chi connectivity index (χ1) is 7.81. The number of nitrogens with zero attached hydrogens (tertiary/aromatic N) is 1. The minimum absolute atomic E-state index is 0.278. The Morgan fingerprint density at radius 2 is 1.31 bits per heavy atom. The lowest BCUT2D eigenvalue weighted by Crippen LogP contribution is -1.90. The lowest BCUT2D eigenvalue weighted by Gasteiger charge is -2.01. The van der Waals surface area contributed by atoms with Gasteiger partial charge in [0.15, 0.2) is 0 Å². The molecule has 0 unspecified atom stereocenters. The highest BCUT2D eigenvalue weighted by atomic mass is 16.1. The molecule has 0 aliphatic heterocycles. The SMILES string of the molecule is CCCCCCCCCCCCC(=O)N=N. The standard InChI is InChI=1S/C13H26N2O/c1-2-3-4-5-6-7-8-9-10-11-12-13(16)15-14/h14H,2-12H2,1H3. The van der Waals surface area contributed by atoms with E-state index in [0.717, 1.165) is 12.8 Å². The number of nitrogens with one attached hydrogen (secondary N) is 1. The fourth-order valence-corrected chi connectivity index (χ4v) is 1.82. The van der Waals surface area contributed by atoms with E-state index in [2.05, 4.69) is 12.0 Å². The summed E-state index contributed by atoms with van der Waals surface area (Å²) in [4.78, 5) is 10.7. The van der Waals surface area contributed by atoms with Gasteiger partial charge in [0, 0.05) is 6.42 Å². The van der Waals surface area contributed by atoms with Crippen molar-refractivity contribution in [3.8, 4) is 0 Å². The zero-order valence-electron chi connectivity index (χ0n) is 10.6. The van der Waals surface area contributed by atoms with E-state index >= 15 is 0 Å². The summed E-state index contributed by atoms with van der Waals surface area (Å²) in [6.45, 7) is 2.24. The minimum atomic E-state index is -0.278. The minimum Gasteiger partial charge on any atom is -0.271 e. The van der Waals surface area contributed by atoms with E-state index in [4.69, 9.17) is 5.53 Å². The number of unbranched alkanes of at least 4 members (excludes halogenated alkanes) is 9. The van der Waals surface area contributed by atoms with Crippen molar-refractivity contribution in [3.05, 3.63) is 0 Å². The second-order valence-corrected chi connectivity index (χ2v) is 4.44. The fraction of sp³-hybridized carbons (Fsp3) is 0.923.